The zero-order valence-corrected chi connectivity index (χ0v) is 7.06. The molecule has 0 unspecified atom stereocenters. The third-order valence-corrected chi connectivity index (χ3v) is 1.37. The smallest absolute Gasteiger partial charge is 0.493 e. The minimum atomic E-state index is -4.94. The van der Waals surface area contributed by atoms with Crippen molar-refractivity contribution >= 4 is 0 Å². The van der Waals surface area contributed by atoms with Gasteiger partial charge in [0.1, 0.15) is 0 Å². The quantitative estimate of drug-likeness (QED) is 0.698. The lowest BCUT2D eigenvalue weighted by atomic mass is 10.3. The van der Waals surface area contributed by atoms with Gasteiger partial charge >= 0.3 is 6.36 Å². The number of alkyl halides is 3. The molecular formula is C8H6F4O2. The first-order valence-electron chi connectivity index (χ1n) is 3.52. The van der Waals surface area contributed by atoms with Crippen molar-refractivity contribution in [1.29, 1.82) is 0 Å². The van der Waals surface area contributed by atoms with Gasteiger partial charge in [-0.25, -0.2) is 4.39 Å². The number of hydrogen-bond donors (Lipinski definition) is 0. The molecule has 0 amide bonds. The van der Waals surface area contributed by atoms with E-state index in [1.54, 1.807) is 0 Å². The van der Waals surface area contributed by atoms with Crippen molar-refractivity contribution in [3.05, 3.63) is 24.0 Å². The molecule has 0 aromatic heterocycles. The van der Waals surface area contributed by atoms with Gasteiger partial charge in [0, 0.05) is 0 Å². The van der Waals surface area contributed by atoms with Gasteiger partial charge < -0.3 is 9.47 Å². The number of rotatable bonds is 2. The van der Waals surface area contributed by atoms with Crippen LogP contribution in [0.4, 0.5) is 17.6 Å². The largest absolute Gasteiger partial charge is 0.573 e. The molecule has 0 aliphatic heterocycles. The van der Waals surface area contributed by atoms with E-state index in [1.165, 1.54) is 12.1 Å². The van der Waals surface area contributed by atoms with E-state index in [1.807, 2.05) is 0 Å². The highest BCUT2D eigenvalue weighted by Crippen LogP contribution is 2.34. The van der Waals surface area contributed by atoms with E-state index in [4.69, 9.17) is 0 Å². The molecule has 0 spiro atoms. The van der Waals surface area contributed by atoms with E-state index in [-0.39, 0.29) is 5.75 Å². The predicted octanol–water partition coefficient (Wildman–Crippen LogP) is 2.73. The Hall–Kier alpha value is -1.46. The summed E-state index contributed by atoms with van der Waals surface area (Å²) in [5.41, 5.74) is 0. The number of para-hydroxylation sites is 1. The molecule has 6 heteroatoms. The highest BCUT2D eigenvalue weighted by molar-refractivity contribution is 5.40. The Morgan fingerprint density at radius 2 is 1.86 bits per heavy atom. The zero-order chi connectivity index (χ0) is 10.8. The maximum atomic E-state index is 12.9. The minimum absolute atomic E-state index is 0.303. The summed E-state index contributed by atoms with van der Waals surface area (Å²) in [6, 6.07) is 3.24. The molecule has 1 aromatic carbocycles. The molecule has 78 valence electrons. The molecule has 0 saturated carbocycles. The van der Waals surface area contributed by atoms with Crippen molar-refractivity contribution in [2.45, 2.75) is 6.36 Å². The van der Waals surface area contributed by atoms with Gasteiger partial charge in [0.05, 0.1) is 7.11 Å². The minimum Gasteiger partial charge on any atom is -0.493 e. The molecule has 0 saturated heterocycles. The van der Waals surface area contributed by atoms with Crippen LogP contribution in [-0.4, -0.2) is 13.5 Å². The van der Waals surface area contributed by atoms with Crippen LogP contribution < -0.4 is 9.47 Å². The first-order valence-corrected chi connectivity index (χ1v) is 3.52. The molecular weight excluding hydrogens is 204 g/mol. The first kappa shape index (κ1) is 10.6. The van der Waals surface area contributed by atoms with Crippen molar-refractivity contribution in [1.82, 2.24) is 0 Å². The Balaban J connectivity index is 3.05. The molecule has 1 aromatic rings. The van der Waals surface area contributed by atoms with Crippen LogP contribution in [-0.2, 0) is 0 Å². The van der Waals surface area contributed by atoms with Crippen molar-refractivity contribution < 1.29 is 27.0 Å². The maximum absolute atomic E-state index is 12.9. The number of hydrogen-bond acceptors (Lipinski definition) is 2. The van der Waals surface area contributed by atoms with Crippen molar-refractivity contribution in [2.24, 2.45) is 0 Å². The molecule has 0 radical (unpaired) electrons. The second kappa shape index (κ2) is 3.73. The van der Waals surface area contributed by atoms with Gasteiger partial charge in [0.25, 0.3) is 0 Å². The van der Waals surface area contributed by atoms with Gasteiger partial charge in [-0.05, 0) is 12.1 Å². The third-order valence-electron chi connectivity index (χ3n) is 1.37. The number of ether oxygens (including phenoxy) is 2. The van der Waals surface area contributed by atoms with Crippen LogP contribution in [0, 0.1) is 5.82 Å². The summed E-state index contributed by atoms with van der Waals surface area (Å²) >= 11 is 0. The zero-order valence-electron chi connectivity index (χ0n) is 7.06. The molecule has 0 N–H and O–H groups in total. The summed E-state index contributed by atoms with van der Waals surface area (Å²) in [6.07, 6.45) is -4.94. The molecule has 0 fully saturated rings. The Morgan fingerprint density at radius 3 is 2.36 bits per heavy atom. The highest BCUT2D eigenvalue weighted by Gasteiger charge is 2.33. The number of benzene rings is 1. The highest BCUT2D eigenvalue weighted by atomic mass is 19.4. The fraction of sp³-hybridized carbons (Fsp3) is 0.250. The maximum Gasteiger partial charge on any atom is 0.573 e. The molecule has 2 nitrogen and oxygen atoms in total. The normalized spacial score (nSPS) is 11.2. The van der Waals surface area contributed by atoms with Crippen LogP contribution in [0.15, 0.2) is 18.2 Å². The van der Waals surface area contributed by atoms with Crippen LogP contribution in [0.25, 0.3) is 0 Å². The van der Waals surface area contributed by atoms with Gasteiger partial charge in [-0.1, -0.05) is 6.07 Å². The van der Waals surface area contributed by atoms with Crippen LogP contribution in [0.2, 0.25) is 0 Å². The molecule has 0 aliphatic rings. The van der Waals surface area contributed by atoms with Crippen LogP contribution >= 0.6 is 0 Å². The summed E-state index contributed by atoms with van der Waals surface area (Å²) in [7, 11) is 1.12. The monoisotopic (exact) mass is 210 g/mol. The molecule has 0 bridgehead atoms. The van der Waals surface area contributed by atoms with E-state index < -0.39 is 17.9 Å². The van der Waals surface area contributed by atoms with Crippen molar-refractivity contribution in [3.63, 3.8) is 0 Å². The van der Waals surface area contributed by atoms with E-state index in [9.17, 15) is 17.6 Å². The fourth-order valence-electron chi connectivity index (χ4n) is 0.865. The molecule has 0 atom stereocenters. The summed E-state index contributed by atoms with van der Waals surface area (Å²) in [5.74, 6) is -2.38. The summed E-state index contributed by atoms with van der Waals surface area (Å²) in [5, 5.41) is 0. The Bertz CT molecular complexity index is 322. The Morgan fingerprint density at radius 1 is 1.21 bits per heavy atom. The average Bonchev–Trinajstić information content (AvgIpc) is 2.06. The molecule has 14 heavy (non-hydrogen) atoms. The molecule has 1 rings (SSSR count). The average molecular weight is 210 g/mol. The third kappa shape index (κ3) is 2.51. The lowest BCUT2D eigenvalue weighted by Gasteiger charge is -2.12. The van der Waals surface area contributed by atoms with Gasteiger partial charge in [-0.15, -0.1) is 13.2 Å². The van der Waals surface area contributed by atoms with Crippen molar-refractivity contribution in [2.75, 3.05) is 7.11 Å². The summed E-state index contributed by atoms with van der Waals surface area (Å²) < 4.78 is 56.2. The summed E-state index contributed by atoms with van der Waals surface area (Å²) in [4.78, 5) is 0. The van der Waals surface area contributed by atoms with Gasteiger partial charge in [-0.3, -0.25) is 0 Å². The van der Waals surface area contributed by atoms with E-state index in [2.05, 4.69) is 9.47 Å². The van der Waals surface area contributed by atoms with Crippen LogP contribution in [0.3, 0.4) is 0 Å². The van der Waals surface area contributed by atoms with Crippen molar-refractivity contribution in [3.8, 4) is 11.5 Å². The van der Waals surface area contributed by atoms with E-state index >= 15 is 0 Å². The second-order valence-electron chi connectivity index (χ2n) is 2.32. The lowest BCUT2D eigenvalue weighted by molar-refractivity contribution is -0.276. The standard InChI is InChI=1S/C8H6F4O2/c1-13-6-4-2-3-5(9)7(6)14-8(10,11)12/h2-4H,1H3. The van der Waals surface area contributed by atoms with E-state index in [0.717, 1.165) is 13.2 Å². The second-order valence-corrected chi connectivity index (χ2v) is 2.32. The number of methoxy groups -OCH3 is 1. The fourth-order valence-corrected chi connectivity index (χ4v) is 0.865. The SMILES string of the molecule is COc1cccc(F)c1OC(F)(F)F. The van der Waals surface area contributed by atoms with Crippen LogP contribution in [0.5, 0.6) is 11.5 Å². The van der Waals surface area contributed by atoms with E-state index in [0.29, 0.717) is 0 Å². The first-order chi connectivity index (χ1) is 6.44. The lowest BCUT2D eigenvalue weighted by Crippen LogP contribution is -2.18. The molecule has 0 heterocycles. The number of halogens is 4. The Labute approximate surface area is 77.1 Å². The Kier molecular flexibility index (Phi) is 2.83. The predicted molar refractivity (Wildman–Crippen MR) is 39.6 cm³/mol. The molecule has 0 aliphatic carbocycles. The van der Waals surface area contributed by atoms with Crippen LogP contribution in [0.1, 0.15) is 0 Å². The van der Waals surface area contributed by atoms with Gasteiger partial charge in [-0.2, -0.15) is 0 Å². The topological polar surface area (TPSA) is 18.5 Å². The van der Waals surface area contributed by atoms with Gasteiger partial charge in [0.2, 0.25) is 5.75 Å². The van der Waals surface area contributed by atoms with Gasteiger partial charge in [0.15, 0.2) is 11.6 Å². The summed E-state index contributed by atoms with van der Waals surface area (Å²) in [6.45, 7) is 0.